The van der Waals surface area contributed by atoms with E-state index in [1.165, 1.54) is 4.90 Å². The summed E-state index contributed by atoms with van der Waals surface area (Å²) < 4.78 is 0. The molecule has 1 aliphatic rings. The Bertz CT molecular complexity index is 887. The summed E-state index contributed by atoms with van der Waals surface area (Å²) >= 11 is 0. The van der Waals surface area contributed by atoms with Gasteiger partial charge in [-0.1, -0.05) is 56.3 Å². The number of carbonyl (C=O) groups is 3. The molecule has 142 valence electrons. The lowest BCUT2D eigenvalue weighted by Crippen LogP contribution is -2.63. The van der Waals surface area contributed by atoms with Crippen molar-refractivity contribution in [3.63, 3.8) is 0 Å². The van der Waals surface area contributed by atoms with E-state index in [-0.39, 0.29) is 5.92 Å². The second-order valence-electron chi connectivity index (χ2n) is 7.46. The van der Waals surface area contributed by atoms with E-state index in [0.29, 0.717) is 6.42 Å². The smallest absolute Gasteiger partial charge is 0.326 e. The zero-order valence-electron chi connectivity index (χ0n) is 15.7. The van der Waals surface area contributed by atoms with Crippen LogP contribution in [0.25, 0.3) is 10.8 Å². The molecule has 6 nitrogen and oxygen atoms in total. The molecule has 2 aromatic rings. The molecule has 0 aromatic heterocycles. The minimum absolute atomic E-state index is 0.0760. The monoisotopic (exact) mass is 368 g/mol. The molecule has 27 heavy (non-hydrogen) atoms. The van der Waals surface area contributed by atoms with Crippen LogP contribution in [-0.4, -0.2) is 39.9 Å². The van der Waals surface area contributed by atoms with Gasteiger partial charge in [0.15, 0.2) is 0 Å². The molecule has 1 aliphatic heterocycles. The van der Waals surface area contributed by atoms with Crippen molar-refractivity contribution in [2.45, 2.75) is 45.3 Å². The zero-order chi connectivity index (χ0) is 19.7. The first-order valence-electron chi connectivity index (χ1n) is 9.15. The summed E-state index contributed by atoms with van der Waals surface area (Å²) in [7, 11) is 0. The van der Waals surface area contributed by atoms with E-state index in [2.05, 4.69) is 5.32 Å². The molecular weight excluding hydrogens is 344 g/mol. The zero-order valence-corrected chi connectivity index (χ0v) is 15.7. The highest BCUT2D eigenvalue weighted by molar-refractivity contribution is 6.36. The number of piperazine rings is 1. The van der Waals surface area contributed by atoms with Crippen molar-refractivity contribution in [1.82, 2.24) is 10.2 Å². The number of carboxylic acids is 1. The van der Waals surface area contributed by atoms with Gasteiger partial charge in [0, 0.05) is 0 Å². The van der Waals surface area contributed by atoms with Gasteiger partial charge < -0.3 is 15.3 Å². The highest BCUT2D eigenvalue weighted by atomic mass is 16.4. The summed E-state index contributed by atoms with van der Waals surface area (Å²) in [5.41, 5.74) is 0.875. The minimum atomic E-state index is -1.09. The summed E-state index contributed by atoms with van der Waals surface area (Å²) in [6.07, 6.45) is 0.293. The fourth-order valence-electron chi connectivity index (χ4n) is 3.85. The first kappa shape index (κ1) is 18.9. The molecule has 0 saturated carbocycles. The number of nitrogens with one attached hydrogen (secondary N) is 1. The lowest BCUT2D eigenvalue weighted by atomic mass is 9.90. The SMILES string of the molecule is CC(C)CC(C(=O)O)N1C(=O)C(=O)NC(c2cccc3ccccc23)C1C. The van der Waals surface area contributed by atoms with Crippen LogP contribution in [0.1, 0.15) is 38.8 Å². The lowest BCUT2D eigenvalue weighted by molar-refractivity contribution is -0.161. The molecule has 2 N–H and O–H groups in total. The number of carboxylic acid groups (broad SMARTS) is 1. The summed E-state index contributed by atoms with van der Waals surface area (Å²) in [6.45, 7) is 5.59. The third-order valence-corrected chi connectivity index (χ3v) is 5.11. The maximum atomic E-state index is 12.6. The Morgan fingerprint density at radius 2 is 1.81 bits per heavy atom. The second kappa shape index (κ2) is 7.39. The Balaban J connectivity index is 2.06. The summed E-state index contributed by atoms with van der Waals surface area (Å²) in [6, 6.07) is 11.6. The van der Waals surface area contributed by atoms with Gasteiger partial charge in [-0.15, -0.1) is 0 Å². The van der Waals surface area contributed by atoms with E-state index in [4.69, 9.17) is 0 Å². The van der Waals surface area contributed by atoms with Crippen LogP contribution >= 0.6 is 0 Å². The van der Waals surface area contributed by atoms with Crippen molar-refractivity contribution in [3.8, 4) is 0 Å². The molecule has 1 heterocycles. The van der Waals surface area contributed by atoms with Crippen LogP contribution in [0.5, 0.6) is 0 Å². The standard InChI is InChI=1S/C21H24N2O4/c1-12(2)11-17(21(26)27)23-13(3)18(22-19(24)20(23)25)16-10-6-8-14-7-4-5-9-15(14)16/h4-10,12-13,17-18H,11H2,1-3H3,(H,22,24)(H,26,27). The van der Waals surface area contributed by atoms with E-state index < -0.39 is 35.9 Å². The summed E-state index contributed by atoms with van der Waals surface area (Å²) in [4.78, 5) is 38.0. The lowest BCUT2D eigenvalue weighted by Gasteiger charge is -2.42. The number of carbonyl (C=O) groups excluding carboxylic acids is 2. The number of benzene rings is 2. The predicted molar refractivity (Wildman–Crippen MR) is 102 cm³/mol. The maximum Gasteiger partial charge on any atom is 0.326 e. The largest absolute Gasteiger partial charge is 0.480 e. The van der Waals surface area contributed by atoms with E-state index in [9.17, 15) is 19.5 Å². The summed E-state index contributed by atoms with van der Waals surface area (Å²) in [5, 5.41) is 14.5. The molecule has 6 heteroatoms. The van der Waals surface area contributed by atoms with Crippen molar-refractivity contribution in [2.75, 3.05) is 0 Å². The minimum Gasteiger partial charge on any atom is -0.480 e. The second-order valence-corrected chi connectivity index (χ2v) is 7.46. The van der Waals surface area contributed by atoms with Crippen LogP contribution in [-0.2, 0) is 14.4 Å². The van der Waals surface area contributed by atoms with Gasteiger partial charge in [0.1, 0.15) is 6.04 Å². The Hall–Kier alpha value is -2.89. The molecule has 3 atom stereocenters. The number of hydrogen-bond donors (Lipinski definition) is 2. The molecule has 0 bridgehead atoms. The number of aliphatic carboxylic acids is 1. The topological polar surface area (TPSA) is 86.7 Å². The average Bonchev–Trinajstić information content (AvgIpc) is 2.63. The Morgan fingerprint density at radius 3 is 2.48 bits per heavy atom. The van der Waals surface area contributed by atoms with E-state index >= 15 is 0 Å². The van der Waals surface area contributed by atoms with Gasteiger partial charge in [0.05, 0.1) is 12.1 Å². The van der Waals surface area contributed by atoms with Gasteiger partial charge in [-0.3, -0.25) is 9.59 Å². The van der Waals surface area contributed by atoms with Gasteiger partial charge in [0.2, 0.25) is 0 Å². The number of fused-ring (bicyclic) bond motifs is 1. The Labute approximate surface area is 158 Å². The van der Waals surface area contributed by atoms with Crippen LogP contribution in [0.4, 0.5) is 0 Å². The number of nitrogens with zero attached hydrogens (tertiary/aromatic N) is 1. The molecule has 0 aliphatic carbocycles. The quantitative estimate of drug-likeness (QED) is 0.795. The number of hydrogen-bond acceptors (Lipinski definition) is 3. The molecule has 1 saturated heterocycles. The normalized spacial score (nSPS) is 21.4. The van der Waals surface area contributed by atoms with E-state index in [0.717, 1.165) is 16.3 Å². The van der Waals surface area contributed by atoms with Crippen molar-refractivity contribution in [1.29, 1.82) is 0 Å². The van der Waals surface area contributed by atoms with Crippen LogP contribution in [0.3, 0.4) is 0 Å². The van der Waals surface area contributed by atoms with Gasteiger partial charge in [-0.05, 0) is 35.6 Å². The third-order valence-electron chi connectivity index (χ3n) is 5.11. The first-order valence-corrected chi connectivity index (χ1v) is 9.15. The molecule has 3 rings (SSSR count). The van der Waals surface area contributed by atoms with E-state index in [1.807, 2.05) is 56.3 Å². The molecule has 2 amide bonds. The molecule has 0 radical (unpaired) electrons. The predicted octanol–water partition coefficient (Wildman–Crippen LogP) is 2.73. The molecule has 1 fully saturated rings. The van der Waals surface area contributed by atoms with Crippen molar-refractivity contribution in [2.24, 2.45) is 5.92 Å². The molecule has 3 unspecified atom stereocenters. The third kappa shape index (κ3) is 3.52. The highest BCUT2D eigenvalue weighted by Gasteiger charge is 2.44. The number of amides is 2. The van der Waals surface area contributed by atoms with Gasteiger partial charge >= 0.3 is 17.8 Å². The van der Waals surface area contributed by atoms with Crippen LogP contribution in [0.2, 0.25) is 0 Å². The van der Waals surface area contributed by atoms with Crippen molar-refractivity contribution in [3.05, 3.63) is 48.0 Å². The van der Waals surface area contributed by atoms with E-state index in [1.54, 1.807) is 6.92 Å². The van der Waals surface area contributed by atoms with Gasteiger partial charge in [-0.25, -0.2) is 4.79 Å². The maximum absolute atomic E-state index is 12.6. The average molecular weight is 368 g/mol. The fourth-order valence-corrected chi connectivity index (χ4v) is 3.85. The van der Waals surface area contributed by atoms with Gasteiger partial charge in [0.25, 0.3) is 0 Å². The highest BCUT2D eigenvalue weighted by Crippen LogP contribution is 2.32. The molecule has 0 spiro atoms. The Morgan fingerprint density at radius 1 is 1.15 bits per heavy atom. The fraction of sp³-hybridized carbons (Fsp3) is 0.381. The van der Waals surface area contributed by atoms with Crippen molar-refractivity contribution >= 4 is 28.6 Å². The van der Waals surface area contributed by atoms with Gasteiger partial charge in [-0.2, -0.15) is 0 Å². The van der Waals surface area contributed by atoms with Crippen LogP contribution in [0, 0.1) is 5.92 Å². The van der Waals surface area contributed by atoms with Crippen molar-refractivity contribution < 1.29 is 19.5 Å². The summed E-state index contributed by atoms with van der Waals surface area (Å²) in [5.74, 6) is -2.56. The Kier molecular flexibility index (Phi) is 5.17. The van der Waals surface area contributed by atoms with Crippen LogP contribution < -0.4 is 5.32 Å². The first-order chi connectivity index (χ1) is 12.8. The van der Waals surface area contributed by atoms with Crippen LogP contribution in [0.15, 0.2) is 42.5 Å². The molecular formula is C21H24N2O4. The number of rotatable bonds is 5. The molecule has 2 aromatic carbocycles.